The molecule has 1 aliphatic heterocycles. The van der Waals surface area contributed by atoms with Crippen LogP contribution in [0.4, 0.5) is 5.69 Å². The maximum Gasteiger partial charge on any atom is 0.240 e. The molecule has 0 aliphatic carbocycles. The molecule has 1 atom stereocenters. The van der Waals surface area contributed by atoms with E-state index in [0.717, 1.165) is 19.4 Å². The van der Waals surface area contributed by atoms with Gasteiger partial charge in [-0.05, 0) is 12.8 Å². The van der Waals surface area contributed by atoms with Crippen LogP contribution < -0.4 is 10.5 Å². The van der Waals surface area contributed by atoms with E-state index < -0.39 is 0 Å². The molecular formula is C9H13N3O2. The molecule has 5 nitrogen and oxygen atoms in total. The highest BCUT2D eigenvalue weighted by molar-refractivity contribution is 5.44. The highest BCUT2D eigenvalue weighted by Crippen LogP contribution is 2.17. The van der Waals surface area contributed by atoms with Crippen LogP contribution in [-0.4, -0.2) is 29.3 Å². The van der Waals surface area contributed by atoms with Gasteiger partial charge in [-0.25, -0.2) is 9.97 Å². The van der Waals surface area contributed by atoms with Gasteiger partial charge in [0.1, 0.15) is 18.6 Å². The quantitative estimate of drug-likeness (QED) is 0.765. The molecule has 0 bridgehead atoms. The monoisotopic (exact) mass is 195 g/mol. The largest absolute Gasteiger partial charge is 0.473 e. The first-order chi connectivity index (χ1) is 6.86. The minimum absolute atomic E-state index is 0.185. The van der Waals surface area contributed by atoms with E-state index in [1.165, 1.54) is 12.5 Å². The molecule has 14 heavy (non-hydrogen) atoms. The predicted octanol–water partition coefficient (Wildman–Crippen LogP) is 0.617. The van der Waals surface area contributed by atoms with Gasteiger partial charge in [0.25, 0.3) is 0 Å². The topological polar surface area (TPSA) is 70.3 Å². The molecule has 0 aromatic carbocycles. The minimum Gasteiger partial charge on any atom is -0.473 e. The zero-order chi connectivity index (χ0) is 9.80. The summed E-state index contributed by atoms with van der Waals surface area (Å²) in [6.45, 7) is 1.34. The van der Waals surface area contributed by atoms with E-state index in [1.807, 2.05) is 0 Å². The Morgan fingerprint density at radius 3 is 3.29 bits per heavy atom. The lowest BCUT2D eigenvalue weighted by Gasteiger charge is -2.11. The standard InChI is InChI=1S/C9H13N3O2/c10-8-4-11-6-12-9(8)14-5-7-2-1-3-13-7/h4,6-7H,1-3,5,10H2. The second kappa shape index (κ2) is 4.23. The van der Waals surface area contributed by atoms with Crippen LogP contribution in [0.25, 0.3) is 0 Å². The van der Waals surface area contributed by atoms with E-state index in [-0.39, 0.29) is 6.10 Å². The number of aromatic nitrogens is 2. The second-order valence-corrected chi connectivity index (χ2v) is 3.23. The van der Waals surface area contributed by atoms with Crippen molar-refractivity contribution in [1.82, 2.24) is 9.97 Å². The van der Waals surface area contributed by atoms with Crippen LogP contribution in [0.1, 0.15) is 12.8 Å². The first-order valence-corrected chi connectivity index (χ1v) is 4.66. The Morgan fingerprint density at radius 1 is 1.64 bits per heavy atom. The van der Waals surface area contributed by atoms with E-state index >= 15 is 0 Å². The van der Waals surface area contributed by atoms with Gasteiger partial charge in [0.15, 0.2) is 0 Å². The number of nitrogen functional groups attached to an aromatic ring is 1. The van der Waals surface area contributed by atoms with Crippen molar-refractivity contribution in [3.05, 3.63) is 12.5 Å². The minimum atomic E-state index is 0.185. The fourth-order valence-electron chi connectivity index (χ4n) is 1.40. The normalized spacial score (nSPS) is 21.0. The maximum absolute atomic E-state index is 5.61. The molecule has 0 radical (unpaired) electrons. The summed E-state index contributed by atoms with van der Waals surface area (Å²) in [5.74, 6) is 0.440. The average Bonchev–Trinajstić information content (AvgIpc) is 2.69. The van der Waals surface area contributed by atoms with Gasteiger partial charge in [0, 0.05) is 6.61 Å². The summed E-state index contributed by atoms with van der Waals surface area (Å²) < 4.78 is 10.8. The molecule has 0 spiro atoms. The van der Waals surface area contributed by atoms with Gasteiger partial charge in [-0.15, -0.1) is 0 Å². The molecule has 1 saturated heterocycles. The van der Waals surface area contributed by atoms with Crippen molar-refractivity contribution < 1.29 is 9.47 Å². The molecule has 2 rings (SSSR count). The molecule has 5 heteroatoms. The van der Waals surface area contributed by atoms with Gasteiger partial charge in [-0.1, -0.05) is 0 Å². The van der Waals surface area contributed by atoms with Crippen molar-refractivity contribution in [2.75, 3.05) is 18.9 Å². The van der Waals surface area contributed by atoms with Crippen LogP contribution in [0.5, 0.6) is 5.88 Å². The number of hydrogen-bond acceptors (Lipinski definition) is 5. The van der Waals surface area contributed by atoms with Crippen molar-refractivity contribution in [2.24, 2.45) is 0 Å². The van der Waals surface area contributed by atoms with Gasteiger partial charge in [-0.3, -0.25) is 0 Å². The van der Waals surface area contributed by atoms with Crippen LogP contribution in [0.15, 0.2) is 12.5 Å². The third-order valence-electron chi connectivity index (χ3n) is 2.13. The Morgan fingerprint density at radius 2 is 2.57 bits per heavy atom. The van der Waals surface area contributed by atoms with E-state index in [1.54, 1.807) is 0 Å². The Bertz CT molecular complexity index is 300. The van der Waals surface area contributed by atoms with Crippen LogP contribution in [0, 0.1) is 0 Å². The van der Waals surface area contributed by atoms with Gasteiger partial charge < -0.3 is 15.2 Å². The Balaban J connectivity index is 1.88. The number of hydrogen-bond donors (Lipinski definition) is 1. The lowest BCUT2D eigenvalue weighted by Crippen LogP contribution is -2.17. The van der Waals surface area contributed by atoms with Gasteiger partial charge in [0.2, 0.25) is 5.88 Å². The Labute approximate surface area is 82.3 Å². The molecule has 1 aromatic heterocycles. The molecule has 0 amide bonds. The number of anilines is 1. The van der Waals surface area contributed by atoms with Crippen LogP contribution >= 0.6 is 0 Å². The lowest BCUT2D eigenvalue weighted by atomic mass is 10.2. The van der Waals surface area contributed by atoms with E-state index in [2.05, 4.69) is 9.97 Å². The summed E-state index contributed by atoms with van der Waals surface area (Å²) in [6, 6.07) is 0. The van der Waals surface area contributed by atoms with E-state index in [9.17, 15) is 0 Å². The van der Waals surface area contributed by atoms with Crippen LogP contribution in [0.2, 0.25) is 0 Å². The SMILES string of the molecule is Nc1cncnc1OCC1CCCO1. The summed E-state index contributed by atoms with van der Waals surface area (Å²) in [7, 11) is 0. The third-order valence-corrected chi connectivity index (χ3v) is 2.13. The third kappa shape index (κ3) is 2.11. The smallest absolute Gasteiger partial charge is 0.240 e. The first kappa shape index (κ1) is 9.21. The molecule has 0 saturated carbocycles. The number of nitrogens with two attached hydrogens (primary N) is 1. The molecule has 1 aliphatic rings. The Hall–Kier alpha value is -1.36. The molecule has 76 valence electrons. The lowest BCUT2D eigenvalue weighted by molar-refractivity contribution is 0.0666. The van der Waals surface area contributed by atoms with Crippen molar-refractivity contribution in [3.8, 4) is 5.88 Å². The number of rotatable bonds is 3. The van der Waals surface area contributed by atoms with E-state index in [4.69, 9.17) is 15.2 Å². The van der Waals surface area contributed by atoms with Crippen molar-refractivity contribution >= 4 is 5.69 Å². The maximum atomic E-state index is 5.61. The fourth-order valence-corrected chi connectivity index (χ4v) is 1.40. The zero-order valence-electron chi connectivity index (χ0n) is 7.85. The van der Waals surface area contributed by atoms with Gasteiger partial charge in [-0.2, -0.15) is 0 Å². The highest BCUT2D eigenvalue weighted by Gasteiger charge is 2.16. The Kier molecular flexibility index (Phi) is 2.78. The molecule has 2 heterocycles. The predicted molar refractivity (Wildman–Crippen MR) is 50.9 cm³/mol. The fraction of sp³-hybridized carbons (Fsp3) is 0.556. The van der Waals surface area contributed by atoms with E-state index in [0.29, 0.717) is 18.2 Å². The first-order valence-electron chi connectivity index (χ1n) is 4.66. The highest BCUT2D eigenvalue weighted by atomic mass is 16.5. The average molecular weight is 195 g/mol. The van der Waals surface area contributed by atoms with Gasteiger partial charge >= 0.3 is 0 Å². The molecule has 1 fully saturated rings. The van der Waals surface area contributed by atoms with Gasteiger partial charge in [0.05, 0.1) is 12.3 Å². The number of ether oxygens (including phenoxy) is 2. The van der Waals surface area contributed by atoms with Crippen LogP contribution in [0.3, 0.4) is 0 Å². The second-order valence-electron chi connectivity index (χ2n) is 3.23. The molecule has 1 unspecified atom stereocenters. The summed E-state index contributed by atoms with van der Waals surface area (Å²) in [5.41, 5.74) is 6.08. The molecular weight excluding hydrogens is 182 g/mol. The zero-order valence-corrected chi connectivity index (χ0v) is 7.85. The molecule has 2 N–H and O–H groups in total. The summed E-state index contributed by atoms with van der Waals surface area (Å²) in [4.78, 5) is 7.70. The summed E-state index contributed by atoms with van der Waals surface area (Å²) in [6.07, 6.45) is 5.28. The van der Waals surface area contributed by atoms with Crippen LogP contribution in [-0.2, 0) is 4.74 Å². The van der Waals surface area contributed by atoms with Crippen molar-refractivity contribution in [2.45, 2.75) is 18.9 Å². The number of nitrogens with zero attached hydrogens (tertiary/aromatic N) is 2. The van der Waals surface area contributed by atoms with Crippen molar-refractivity contribution in [3.63, 3.8) is 0 Å². The summed E-state index contributed by atoms with van der Waals surface area (Å²) in [5, 5.41) is 0. The molecule has 1 aromatic rings. The van der Waals surface area contributed by atoms with Crippen molar-refractivity contribution in [1.29, 1.82) is 0 Å². The summed E-state index contributed by atoms with van der Waals surface area (Å²) >= 11 is 0.